The van der Waals surface area contributed by atoms with Gasteiger partial charge in [-0.1, -0.05) is 145 Å². The number of hydrogen-bond acceptors (Lipinski definition) is 24. The maximum Gasteiger partial charge on any atom is 0.266 e. The van der Waals surface area contributed by atoms with E-state index in [1.54, 1.807) is 47.1 Å². The summed E-state index contributed by atoms with van der Waals surface area (Å²) in [6.07, 6.45) is 2.21. The van der Waals surface area contributed by atoms with E-state index in [1.165, 1.54) is 0 Å². The fourth-order valence-corrected chi connectivity index (χ4v) is 18.9. The summed E-state index contributed by atoms with van der Waals surface area (Å²) >= 11 is 12.8. The third kappa shape index (κ3) is 24.2. The largest absolute Gasteiger partial charge is 0.492 e. The monoisotopic (exact) mass is 1910 g/mol. The van der Waals surface area contributed by atoms with Crippen LogP contribution in [0, 0.1) is 0 Å². The summed E-state index contributed by atoms with van der Waals surface area (Å²) in [5.41, 5.74) is 6.74. The number of aromatic nitrogens is 10. The first-order valence-corrected chi connectivity index (χ1v) is 49.4. The van der Waals surface area contributed by atoms with Crippen molar-refractivity contribution in [1.82, 2.24) is 98.0 Å². The van der Waals surface area contributed by atoms with Crippen LogP contribution in [-0.2, 0) is 32.7 Å². The van der Waals surface area contributed by atoms with Gasteiger partial charge in [0.05, 0.1) is 152 Å². The Morgan fingerprint density at radius 3 is 0.842 bits per heavy atom. The molecule has 5 saturated heterocycles. The van der Waals surface area contributed by atoms with Crippen LogP contribution in [0.25, 0.3) is 83.0 Å². The highest BCUT2D eigenvalue weighted by Gasteiger charge is 2.28. The lowest BCUT2D eigenvalue weighted by atomic mass is 10.2. The highest BCUT2D eigenvalue weighted by atomic mass is 35.5. The minimum Gasteiger partial charge on any atom is -0.492 e. The molecule has 3 N–H and O–H groups in total. The minimum absolute atomic E-state index is 0.0510. The van der Waals surface area contributed by atoms with Crippen molar-refractivity contribution in [2.45, 2.75) is 80.2 Å². The van der Waals surface area contributed by atoms with E-state index in [2.05, 4.69) is 64.2 Å². The number of halogens is 2. The molecule has 5 aliphatic rings. The van der Waals surface area contributed by atoms with E-state index >= 15 is 0 Å². The second kappa shape index (κ2) is 48.7. The van der Waals surface area contributed by atoms with Gasteiger partial charge >= 0.3 is 0 Å². The molecule has 5 aromatic heterocycles. The van der Waals surface area contributed by atoms with Gasteiger partial charge in [-0.2, -0.15) is 0 Å². The number of rotatable bonds is 24. The topological polar surface area (TPSA) is 270 Å². The zero-order valence-corrected chi connectivity index (χ0v) is 81.7. The number of para-hydroxylation sites is 14. The van der Waals surface area contributed by atoms with Gasteiger partial charge in [0, 0.05) is 105 Å². The number of hydrogen-bond donors (Lipinski definition) is 3. The summed E-state index contributed by atoms with van der Waals surface area (Å²) in [5, 5.41) is 14.0. The summed E-state index contributed by atoms with van der Waals surface area (Å²) in [7, 11) is 2.16. The van der Waals surface area contributed by atoms with Gasteiger partial charge < -0.3 is 44.7 Å². The average molecular weight is 1920 g/mol. The summed E-state index contributed by atoms with van der Waals surface area (Å²) < 4.78 is 31.7. The fourth-order valence-electron chi connectivity index (χ4n) is 18.3. The molecule has 0 aliphatic carbocycles. The van der Waals surface area contributed by atoms with Crippen LogP contribution in [0.4, 0.5) is 0 Å². The Labute approximate surface area is 819 Å². The molecule has 0 amide bonds. The molecule has 5 aliphatic heterocycles. The Morgan fingerprint density at radius 2 is 0.518 bits per heavy atom. The van der Waals surface area contributed by atoms with Crippen molar-refractivity contribution in [2.24, 2.45) is 0 Å². The predicted octanol–water partition coefficient (Wildman–Crippen LogP) is 13.7. The van der Waals surface area contributed by atoms with Crippen LogP contribution < -0.4 is 62.7 Å². The van der Waals surface area contributed by atoms with Crippen molar-refractivity contribution in [3.63, 3.8) is 0 Å². The summed E-state index contributed by atoms with van der Waals surface area (Å²) in [5.74, 6) is 6.44. The van der Waals surface area contributed by atoms with Gasteiger partial charge in [-0.3, -0.25) is 71.3 Å². The summed E-state index contributed by atoms with van der Waals surface area (Å²) in [4.78, 5) is 108. The third-order valence-corrected chi connectivity index (χ3v) is 26.0. The van der Waals surface area contributed by atoms with Crippen molar-refractivity contribution in [3.05, 3.63) is 328 Å². The Balaban J connectivity index is 0.000000126. The number of piperazine rings is 3. The van der Waals surface area contributed by atoms with Crippen LogP contribution in [0.1, 0.15) is 76.6 Å². The number of ether oxygens (including phenoxy) is 4. The Bertz CT molecular complexity index is 7010. The molecule has 29 nitrogen and oxygen atoms in total. The lowest BCUT2D eigenvalue weighted by Gasteiger charge is -2.34. The Kier molecular flexibility index (Phi) is 34.8. The van der Waals surface area contributed by atoms with E-state index < -0.39 is 0 Å². The lowest BCUT2D eigenvalue weighted by molar-refractivity contribution is 0.129. The molecular formula is C108H124Cl2N20O9. The van der Waals surface area contributed by atoms with Crippen molar-refractivity contribution < 1.29 is 18.9 Å². The van der Waals surface area contributed by atoms with Crippen molar-refractivity contribution in [2.75, 3.05) is 171 Å². The van der Waals surface area contributed by atoms with E-state index in [9.17, 15) is 24.0 Å². The van der Waals surface area contributed by atoms with Gasteiger partial charge in [-0.25, -0.2) is 24.9 Å². The lowest BCUT2D eigenvalue weighted by Crippen LogP contribution is -2.46. The van der Waals surface area contributed by atoms with Crippen LogP contribution in [0.3, 0.4) is 0 Å². The maximum absolute atomic E-state index is 13.5. The highest BCUT2D eigenvalue weighted by Crippen LogP contribution is 2.33. The molecule has 724 valence electrons. The van der Waals surface area contributed by atoms with Crippen LogP contribution in [0.2, 0.25) is 10.0 Å². The van der Waals surface area contributed by atoms with E-state index in [0.29, 0.717) is 136 Å². The minimum atomic E-state index is -0.157. The van der Waals surface area contributed by atoms with E-state index in [1.807, 2.05) is 240 Å². The predicted molar refractivity (Wildman–Crippen MR) is 555 cm³/mol. The number of nitrogens with zero attached hydrogens (tertiary/aromatic N) is 17. The van der Waals surface area contributed by atoms with Crippen molar-refractivity contribution in [1.29, 1.82) is 0 Å². The summed E-state index contributed by atoms with van der Waals surface area (Å²) in [6, 6.07) is 73.5. The van der Waals surface area contributed by atoms with Gasteiger partial charge in [-0.05, 0) is 202 Å². The fraction of sp³-hybridized carbons (Fsp3) is 0.352. The van der Waals surface area contributed by atoms with Crippen LogP contribution in [-0.4, -0.2) is 253 Å². The van der Waals surface area contributed by atoms with Crippen LogP contribution >= 0.6 is 23.2 Å². The second-order valence-corrected chi connectivity index (χ2v) is 35.5. The quantitative estimate of drug-likeness (QED) is 0.0507. The SMILES string of the molecule is CCOc1ccccc1-n1c(CN2CCCN(C)CC2)nc2ccccc2c1=O.CCOc1ccccc1-n1c(CN2CCCNCC2)nc2ccccc2c1=O.CCOc1ccccc1-n1c(CN2CCN(CC)CC2)nc2ccccc2c1=O.CCOc1ccccc1-n1c(CN2CCNCC2)nc2ccccc2c1=O.O=c1c2ccccc2nc(CN2CCNCC2)n1-c1c(Cl)cccc1Cl. The van der Waals surface area contributed by atoms with Crippen molar-refractivity contribution >= 4 is 77.7 Å². The molecule has 0 spiro atoms. The van der Waals surface area contributed by atoms with Gasteiger partial charge in [0.2, 0.25) is 0 Å². The molecule has 10 heterocycles. The third-order valence-electron chi connectivity index (χ3n) is 25.4. The van der Waals surface area contributed by atoms with Crippen molar-refractivity contribution in [3.8, 4) is 51.4 Å². The number of fused-ring (bicyclic) bond motifs is 5. The number of benzene rings is 10. The van der Waals surface area contributed by atoms with E-state index in [0.717, 1.165) is 218 Å². The smallest absolute Gasteiger partial charge is 0.266 e. The molecule has 20 rings (SSSR count). The van der Waals surface area contributed by atoms with Gasteiger partial charge in [0.25, 0.3) is 27.8 Å². The zero-order valence-electron chi connectivity index (χ0n) is 80.2. The molecule has 15 aromatic rings. The second-order valence-electron chi connectivity index (χ2n) is 34.7. The van der Waals surface area contributed by atoms with Gasteiger partial charge in [-0.15, -0.1) is 0 Å². The molecule has 0 saturated carbocycles. The Morgan fingerprint density at radius 1 is 0.266 bits per heavy atom. The van der Waals surface area contributed by atoms with Gasteiger partial charge in [0.15, 0.2) is 0 Å². The molecule has 31 heteroatoms. The Hall–Kier alpha value is -12.7. The molecule has 5 fully saturated rings. The molecule has 139 heavy (non-hydrogen) atoms. The van der Waals surface area contributed by atoms with Crippen LogP contribution in [0.5, 0.6) is 23.0 Å². The molecular weight excluding hydrogens is 1790 g/mol. The molecule has 0 radical (unpaired) electrons. The zero-order chi connectivity index (χ0) is 96.5. The number of nitrogens with one attached hydrogen (secondary N) is 3. The highest BCUT2D eigenvalue weighted by molar-refractivity contribution is 6.37. The first kappa shape index (κ1) is 99.3. The first-order chi connectivity index (χ1) is 68.1. The van der Waals surface area contributed by atoms with E-state index in [-0.39, 0.29) is 27.8 Å². The van der Waals surface area contributed by atoms with Gasteiger partial charge in [0.1, 0.15) is 52.1 Å². The van der Waals surface area contributed by atoms with Crippen LogP contribution in [0.15, 0.2) is 261 Å². The molecule has 0 bridgehead atoms. The summed E-state index contributed by atoms with van der Waals surface area (Å²) in [6.45, 7) is 35.8. The molecule has 0 unspecified atom stereocenters. The average Bonchev–Trinajstić information content (AvgIpc) is 1.38. The molecule has 0 atom stereocenters. The number of likely N-dealkylation sites (N-methyl/N-ethyl adjacent to an activating group) is 2. The first-order valence-electron chi connectivity index (χ1n) is 48.6. The normalized spacial score (nSPS) is 15.6. The molecule has 10 aromatic carbocycles. The van der Waals surface area contributed by atoms with E-state index in [4.69, 9.17) is 67.1 Å². The standard InChI is InChI=1S/2C23H28N4O2.C22H26N4O2.C21H24N4O2.C19H18Cl2N4O/c1-3-29-21-12-7-6-11-20(21)27-22(17-26-14-8-13-25(2)15-16-26)24-19-10-5-4-9-18(19)23(27)28;1-3-25-13-15-26(16-14-25)17-22-24-19-10-6-5-9-18(19)23(28)27(22)20-11-7-8-12-21(20)29-4-2;1-2-28-20-11-6-5-10-19(20)26-21(16-25-14-7-12-23-13-15-25)24-18-9-4-3-8-17(18)22(26)27;1-2-27-19-10-6-5-9-18(19)25-20(15-24-13-11-22-12-14-24)23-17-8-4-3-7-16(17)21(25)26;20-14-5-3-6-15(21)18(14)25-17(12-24-10-8-22-9-11-24)23-16-7-2-1-4-13(16)19(25)26/h4-7,9-12H,3,8,13-17H2,1-2H3;5-12H,3-4,13-17H2,1-2H3;3-6,8-11,23H,2,7,12-16H2,1H3;3-10,22H,2,11-15H2,1H3;1-7,22H,8-12H2. The maximum atomic E-state index is 13.5.